The summed E-state index contributed by atoms with van der Waals surface area (Å²) in [5, 5.41) is 0. The molecule has 0 radical (unpaired) electrons. The molecule has 0 aliphatic heterocycles. The normalized spacial score (nSPS) is 14.5. The lowest BCUT2D eigenvalue weighted by atomic mass is 10.2. The Hall–Kier alpha value is -1.05. The SMILES string of the molecule is C=CN=C(C)/C(C)=C(\C)N. The van der Waals surface area contributed by atoms with Crippen LogP contribution in [-0.2, 0) is 0 Å². The Bertz CT molecular complexity index is 183. The van der Waals surface area contributed by atoms with Gasteiger partial charge in [-0.25, -0.2) is 0 Å². The van der Waals surface area contributed by atoms with E-state index in [2.05, 4.69) is 11.6 Å². The number of rotatable bonds is 2. The third-order valence-electron chi connectivity index (χ3n) is 1.42. The predicted octanol–water partition coefficient (Wildman–Crippen LogP) is 1.84. The molecule has 2 nitrogen and oxygen atoms in total. The van der Waals surface area contributed by atoms with E-state index in [1.54, 1.807) is 0 Å². The monoisotopic (exact) mass is 138 g/mol. The maximum Gasteiger partial charge on any atom is 0.0418 e. The van der Waals surface area contributed by atoms with Crippen LogP contribution in [0.4, 0.5) is 0 Å². The minimum absolute atomic E-state index is 0.808. The average molecular weight is 138 g/mol. The highest BCUT2D eigenvalue weighted by molar-refractivity contribution is 5.98. The second-order valence-corrected chi connectivity index (χ2v) is 2.21. The van der Waals surface area contributed by atoms with Crippen LogP contribution < -0.4 is 5.73 Å². The Morgan fingerprint density at radius 2 is 1.90 bits per heavy atom. The summed E-state index contributed by atoms with van der Waals surface area (Å²) < 4.78 is 0. The molecule has 0 aromatic rings. The van der Waals surface area contributed by atoms with Gasteiger partial charge in [0.05, 0.1) is 0 Å². The van der Waals surface area contributed by atoms with E-state index >= 15 is 0 Å². The van der Waals surface area contributed by atoms with Crippen LogP contribution in [0.5, 0.6) is 0 Å². The van der Waals surface area contributed by atoms with Gasteiger partial charge in [0.25, 0.3) is 0 Å². The molecule has 0 aliphatic carbocycles. The van der Waals surface area contributed by atoms with E-state index in [-0.39, 0.29) is 0 Å². The molecule has 0 spiro atoms. The lowest BCUT2D eigenvalue weighted by molar-refractivity contribution is 1.25. The molecule has 0 aromatic heterocycles. The van der Waals surface area contributed by atoms with Crippen molar-refractivity contribution in [3.05, 3.63) is 24.0 Å². The highest BCUT2D eigenvalue weighted by Gasteiger charge is 1.94. The number of nitrogens with zero attached hydrogens (tertiary/aromatic N) is 1. The predicted molar refractivity (Wildman–Crippen MR) is 45.9 cm³/mol. The van der Waals surface area contributed by atoms with Gasteiger partial charge in [0.2, 0.25) is 0 Å². The van der Waals surface area contributed by atoms with Crippen LogP contribution in [0.2, 0.25) is 0 Å². The van der Waals surface area contributed by atoms with E-state index in [4.69, 9.17) is 5.73 Å². The molecule has 0 unspecified atom stereocenters. The number of hydrogen-bond acceptors (Lipinski definition) is 2. The smallest absolute Gasteiger partial charge is 0.0418 e. The summed E-state index contributed by atoms with van der Waals surface area (Å²) in [6.45, 7) is 9.20. The third kappa shape index (κ3) is 2.49. The van der Waals surface area contributed by atoms with Crippen LogP contribution in [0, 0.1) is 0 Å². The van der Waals surface area contributed by atoms with E-state index < -0.39 is 0 Å². The highest BCUT2D eigenvalue weighted by Crippen LogP contribution is 1.99. The lowest BCUT2D eigenvalue weighted by Crippen LogP contribution is -2.02. The lowest BCUT2D eigenvalue weighted by Gasteiger charge is -2.00. The first-order chi connectivity index (χ1) is 4.59. The maximum atomic E-state index is 5.53. The van der Waals surface area contributed by atoms with Crippen molar-refractivity contribution in [3.63, 3.8) is 0 Å². The first-order valence-corrected chi connectivity index (χ1v) is 3.18. The fourth-order valence-electron chi connectivity index (χ4n) is 0.519. The van der Waals surface area contributed by atoms with Gasteiger partial charge in [-0.3, -0.25) is 4.99 Å². The summed E-state index contributed by atoms with van der Waals surface area (Å²) in [5.74, 6) is 0. The fraction of sp³-hybridized carbons (Fsp3) is 0.375. The zero-order valence-corrected chi connectivity index (χ0v) is 6.81. The van der Waals surface area contributed by atoms with Crippen molar-refractivity contribution in [3.8, 4) is 0 Å². The molecular formula is C8H14N2. The number of hydrogen-bond donors (Lipinski definition) is 1. The molecule has 0 saturated heterocycles. The second-order valence-electron chi connectivity index (χ2n) is 2.21. The zero-order valence-electron chi connectivity index (χ0n) is 6.81. The van der Waals surface area contributed by atoms with Crippen molar-refractivity contribution >= 4 is 5.71 Å². The molecule has 0 amide bonds. The number of aliphatic imine (C=N–C) groups is 1. The van der Waals surface area contributed by atoms with Gasteiger partial charge in [0.15, 0.2) is 0 Å². The molecule has 0 aromatic carbocycles. The van der Waals surface area contributed by atoms with Crippen LogP contribution in [0.25, 0.3) is 0 Å². The highest BCUT2D eigenvalue weighted by atomic mass is 14.7. The molecule has 0 rings (SSSR count). The van der Waals surface area contributed by atoms with E-state index in [1.807, 2.05) is 20.8 Å². The van der Waals surface area contributed by atoms with Crippen LogP contribution in [-0.4, -0.2) is 5.71 Å². The third-order valence-corrected chi connectivity index (χ3v) is 1.42. The molecule has 0 saturated carbocycles. The van der Waals surface area contributed by atoms with Crippen molar-refractivity contribution in [1.29, 1.82) is 0 Å². The Kier molecular flexibility index (Phi) is 3.47. The van der Waals surface area contributed by atoms with Gasteiger partial charge in [-0.05, 0) is 26.3 Å². The number of allylic oxidation sites excluding steroid dienone is 2. The molecule has 0 bridgehead atoms. The van der Waals surface area contributed by atoms with E-state index in [0.29, 0.717) is 0 Å². The van der Waals surface area contributed by atoms with E-state index in [0.717, 1.165) is 17.0 Å². The largest absolute Gasteiger partial charge is 0.402 e. The minimum atomic E-state index is 0.808. The van der Waals surface area contributed by atoms with E-state index in [9.17, 15) is 0 Å². The first-order valence-electron chi connectivity index (χ1n) is 3.18. The van der Waals surface area contributed by atoms with Gasteiger partial charge in [-0.15, -0.1) is 0 Å². The van der Waals surface area contributed by atoms with Gasteiger partial charge in [0, 0.05) is 17.6 Å². The standard InChI is InChI=1S/C8H14N2/c1-5-10-8(4)6(2)7(3)9/h5H,1,9H2,2-4H3/b7-6+,10-8?. The van der Waals surface area contributed by atoms with E-state index in [1.165, 1.54) is 6.20 Å². The van der Waals surface area contributed by atoms with Crippen molar-refractivity contribution in [2.75, 3.05) is 0 Å². The molecule has 56 valence electrons. The summed E-state index contributed by atoms with van der Waals surface area (Å²) >= 11 is 0. The molecule has 10 heavy (non-hydrogen) atoms. The van der Waals surface area contributed by atoms with Crippen LogP contribution in [0.1, 0.15) is 20.8 Å². The second kappa shape index (κ2) is 3.88. The molecule has 2 N–H and O–H groups in total. The van der Waals surface area contributed by atoms with Gasteiger partial charge in [-0.2, -0.15) is 0 Å². The quantitative estimate of drug-likeness (QED) is 0.581. The molecule has 0 atom stereocenters. The Labute approximate surface area is 62.1 Å². The Morgan fingerprint density at radius 1 is 1.40 bits per heavy atom. The molecule has 0 heterocycles. The summed E-state index contributed by atoms with van der Waals surface area (Å²) in [6, 6.07) is 0. The van der Waals surface area contributed by atoms with Crippen molar-refractivity contribution in [2.24, 2.45) is 10.7 Å². The van der Waals surface area contributed by atoms with Gasteiger partial charge >= 0.3 is 0 Å². The summed E-state index contributed by atoms with van der Waals surface area (Å²) in [4.78, 5) is 3.99. The first kappa shape index (κ1) is 8.95. The summed E-state index contributed by atoms with van der Waals surface area (Å²) in [6.07, 6.45) is 1.52. The summed E-state index contributed by atoms with van der Waals surface area (Å²) in [7, 11) is 0. The van der Waals surface area contributed by atoms with Crippen molar-refractivity contribution < 1.29 is 0 Å². The molecule has 0 aliphatic rings. The van der Waals surface area contributed by atoms with Crippen LogP contribution >= 0.6 is 0 Å². The van der Waals surface area contributed by atoms with Gasteiger partial charge in [0.1, 0.15) is 0 Å². The van der Waals surface area contributed by atoms with Crippen molar-refractivity contribution in [1.82, 2.24) is 0 Å². The van der Waals surface area contributed by atoms with Crippen molar-refractivity contribution in [2.45, 2.75) is 20.8 Å². The van der Waals surface area contributed by atoms with Gasteiger partial charge in [-0.1, -0.05) is 6.58 Å². The fourth-order valence-corrected chi connectivity index (χ4v) is 0.519. The molecule has 2 heteroatoms. The van der Waals surface area contributed by atoms with Crippen LogP contribution in [0.3, 0.4) is 0 Å². The zero-order chi connectivity index (χ0) is 8.15. The maximum absolute atomic E-state index is 5.53. The topological polar surface area (TPSA) is 38.4 Å². The van der Waals surface area contributed by atoms with Crippen LogP contribution in [0.15, 0.2) is 29.0 Å². The minimum Gasteiger partial charge on any atom is -0.402 e. The Balaban J connectivity index is 4.51. The molecular weight excluding hydrogens is 124 g/mol. The van der Waals surface area contributed by atoms with Gasteiger partial charge < -0.3 is 5.73 Å². The average Bonchev–Trinajstić information content (AvgIpc) is 1.87. The Morgan fingerprint density at radius 3 is 2.20 bits per heavy atom. The molecule has 0 fully saturated rings. The number of nitrogens with two attached hydrogens (primary N) is 1. The summed E-state index contributed by atoms with van der Waals surface area (Å²) in [5.41, 5.74) is 8.29.